The minimum atomic E-state index is 0. The van der Waals surface area contributed by atoms with Crippen molar-refractivity contribution in [1.29, 1.82) is 0 Å². The van der Waals surface area contributed by atoms with Crippen LogP contribution >= 0.6 is 12.4 Å². The molecule has 1 amide bonds. The molecule has 0 aromatic heterocycles. The fourth-order valence-electron chi connectivity index (χ4n) is 3.85. The molecule has 3 saturated carbocycles. The van der Waals surface area contributed by atoms with Crippen LogP contribution < -0.4 is 10.6 Å². The summed E-state index contributed by atoms with van der Waals surface area (Å²) in [6, 6.07) is 9.22. The number of hydrogen-bond donors (Lipinski definition) is 2. The molecule has 2 N–H and O–H groups in total. The van der Waals surface area contributed by atoms with Gasteiger partial charge in [0.1, 0.15) is 0 Å². The Morgan fingerprint density at radius 2 is 1.71 bits per heavy atom. The minimum absolute atomic E-state index is 0. The number of amides is 1. The number of carbonyl (C=O) groups excluding carboxylic acids is 1. The number of hydrogen-bond acceptors (Lipinski definition) is 2. The van der Waals surface area contributed by atoms with Gasteiger partial charge in [-0.15, -0.1) is 12.4 Å². The first kappa shape index (κ1) is 17.8. The smallest absolute Gasteiger partial charge is 0.227 e. The number of rotatable bonds is 6. The summed E-state index contributed by atoms with van der Waals surface area (Å²) in [5.41, 5.74) is 2.36. The number of carbonyl (C=O) groups is 1. The normalized spacial score (nSPS) is 26.5. The van der Waals surface area contributed by atoms with Crippen molar-refractivity contribution in [2.75, 3.05) is 11.9 Å². The van der Waals surface area contributed by atoms with Crippen molar-refractivity contribution in [1.82, 2.24) is 5.32 Å². The van der Waals surface area contributed by atoms with Crippen LogP contribution in [0.15, 0.2) is 24.3 Å². The van der Waals surface area contributed by atoms with E-state index in [1.807, 2.05) is 0 Å². The first-order valence-corrected chi connectivity index (χ1v) is 9.44. The topological polar surface area (TPSA) is 41.1 Å². The standard InChI is InChI=1S/C20H28N2O.ClH/c23-20(16-4-2-1-3-5-16)22-17-10-8-15(9-11-17)18-12-19(18)21-13-14-6-7-14;/h8-11,14,16,18-19,21H,1-7,12-13H2,(H,22,23);1H/t18-,19+;/m0./s1. The lowest BCUT2D eigenvalue weighted by atomic mass is 9.88. The fraction of sp³-hybridized carbons (Fsp3) is 0.650. The molecule has 3 nitrogen and oxygen atoms in total. The Labute approximate surface area is 151 Å². The summed E-state index contributed by atoms with van der Waals surface area (Å²) in [4.78, 5) is 12.3. The van der Waals surface area contributed by atoms with Crippen molar-refractivity contribution in [3.8, 4) is 0 Å². The van der Waals surface area contributed by atoms with Crippen LogP contribution in [0.1, 0.15) is 62.8 Å². The monoisotopic (exact) mass is 348 g/mol. The molecule has 3 aliphatic carbocycles. The van der Waals surface area contributed by atoms with Crippen LogP contribution in [0.5, 0.6) is 0 Å². The van der Waals surface area contributed by atoms with E-state index in [9.17, 15) is 4.79 Å². The van der Waals surface area contributed by atoms with Crippen molar-refractivity contribution in [3.05, 3.63) is 29.8 Å². The first-order chi connectivity index (χ1) is 11.3. The van der Waals surface area contributed by atoms with Gasteiger partial charge in [-0.05, 0) is 62.3 Å². The second-order valence-electron chi connectivity index (χ2n) is 7.75. The summed E-state index contributed by atoms with van der Waals surface area (Å²) in [6.07, 6.45) is 9.90. The van der Waals surface area contributed by atoms with Crippen LogP contribution in [0.3, 0.4) is 0 Å². The van der Waals surface area contributed by atoms with Gasteiger partial charge in [-0.3, -0.25) is 4.79 Å². The number of anilines is 1. The summed E-state index contributed by atoms with van der Waals surface area (Å²) in [5, 5.41) is 6.79. The van der Waals surface area contributed by atoms with Gasteiger partial charge in [0.2, 0.25) is 5.91 Å². The SMILES string of the molecule is Cl.O=C(Nc1ccc([C@@H]2C[C@H]2NCC2CC2)cc1)C1CCCCC1. The molecule has 24 heavy (non-hydrogen) atoms. The Bertz CT molecular complexity index is 549. The summed E-state index contributed by atoms with van der Waals surface area (Å²) in [5.74, 6) is 2.07. The van der Waals surface area contributed by atoms with Crippen LogP contribution in [0.2, 0.25) is 0 Å². The zero-order valence-corrected chi connectivity index (χ0v) is 15.1. The largest absolute Gasteiger partial charge is 0.326 e. The zero-order chi connectivity index (χ0) is 15.6. The van der Waals surface area contributed by atoms with E-state index in [1.165, 1.54) is 50.6 Å². The van der Waals surface area contributed by atoms with Gasteiger partial charge in [0.15, 0.2) is 0 Å². The average molecular weight is 349 g/mol. The highest BCUT2D eigenvalue weighted by atomic mass is 35.5. The second-order valence-corrected chi connectivity index (χ2v) is 7.75. The van der Waals surface area contributed by atoms with Gasteiger partial charge in [0.05, 0.1) is 0 Å². The Kier molecular flexibility index (Phi) is 5.83. The third-order valence-electron chi connectivity index (χ3n) is 5.74. The maximum absolute atomic E-state index is 12.3. The Hall–Kier alpha value is -1.06. The van der Waals surface area contributed by atoms with Crippen molar-refractivity contribution in [3.63, 3.8) is 0 Å². The van der Waals surface area contributed by atoms with Gasteiger partial charge < -0.3 is 10.6 Å². The van der Waals surface area contributed by atoms with Crippen molar-refractivity contribution >= 4 is 24.0 Å². The number of benzene rings is 1. The van der Waals surface area contributed by atoms with Crippen molar-refractivity contribution in [2.45, 2.75) is 63.3 Å². The molecule has 132 valence electrons. The summed E-state index contributed by atoms with van der Waals surface area (Å²) >= 11 is 0. The predicted octanol–water partition coefficient (Wildman–Crippen LogP) is 4.48. The third kappa shape index (κ3) is 4.52. The lowest BCUT2D eigenvalue weighted by Crippen LogP contribution is -2.24. The molecule has 0 spiro atoms. The Morgan fingerprint density at radius 1 is 1.00 bits per heavy atom. The average Bonchev–Trinajstić information content (AvgIpc) is 3.49. The van der Waals surface area contributed by atoms with E-state index in [0.29, 0.717) is 12.0 Å². The van der Waals surface area contributed by atoms with E-state index in [2.05, 4.69) is 34.9 Å². The van der Waals surface area contributed by atoms with E-state index >= 15 is 0 Å². The van der Waals surface area contributed by atoms with Gasteiger partial charge in [-0.25, -0.2) is 0 Å². The molecule has 0 radical (unpaired) electrons. The summed E-state index contributed by atoms with van der Waals surface area (Å²) in [6.45, 7) is 1.21. The van der Waals surface area contributed by atoms with Crippen molar-refractivity contribution < 1.29 is 4.79 Å². The molecule has 4 rings (SSSR count). The molecule has 0 unspecified atom stereocenters. The summed E-state index contributed by atoms with van der Waals surface area (Å²) < 4.78 is 0. The van der Waals surface area contributed by atoms with Crippen LogP contribution in [0, 0.1) is 11.8 Å². The minimum Gasteiger partial charge on any atom is -0.326 e. The maximum Gasteiger partial charge on any atom is 0.227 e. The van der Waals surface area contributed by atoms with Gasteiger partial charge >= 0.3 is 0 Å². The lowest BCUT2D eigenvalue weighted by molar-refractivity contribution is -0.120. The van der Waals surface area contributed by atoms with Crippen molar-refractivity contribution in [2.24, 2.45) is 11.8 Å². The van der Waals surface area contributed by atoms with Gasteiger partial charge in [-0.1, -0.05) is 31.4 Å². The van der Waals surface area contributed by atoms with Crippen LogP contribution in [-0.4, -0.2) is 18.5 Å². The second kappa shape index (κ2) is 7.88. The molecule has 2 atom stereocenters. The number of halogens is 1. The lowest BCUT2D eigenvalue weighted by Gasteiger charge is -2.20. The zero-order valence-electron chi connectivity index (χ0n) is 14.3. The van der Waals surface area contributed by atoms with E-state index < -0.39 is 0 Å². The van der Waals surface area contributed by atoms with Crippen LogP contribution in [0.4, 0.5) is 5.69 Å². The Balaban J connectivity index is 0.00000169. The molecular formula is C20H29ClN2O. The molecule has 0 aliphatic heterocycles. The molecule has 0 bridgehead atoms. The van der Waals surface area contributed by atoms with E-state index in [-0.39, 0.29) is 24.2 Å². The molecule has 0 saturated heterocycles. The molecule has 3 aliphatic rings. The summed E-state index contributed by atoms with van der Waals surface area (Å²) in [7, 11) is 0. The van der Waals surface area contributed by atoms with Gasteiger partial charge in [0.25, 0.3) is 0 Å². The highest BCUT2D eigenvalue weighted by Gasteiger charge is 2.38. The van der Waals surface area contributed by atoms with E-state index in [4.69, 9.17) is 0 Å². The first-order valence-electron chi connectivity index (χ1n) is 9.44. The fourth-order valence-corrected chi connectivity index (χ4v) is 3.85. The molecule has 4 heteroatoms. The highest BCUT2D eigenvalue weighted by Crippen LogP contribution is 2.42. The Morgan fingerprint density at radius 3 is 2.38 bits per heavy atom. The quantitative estimate of drug-likeness (QED) is 0.795. The molecule has 3 fully saturated rings. The predicted molar refractivity (Wildman–Crippen MR) is 101 cm³/mol. The number of nitrogens with one attached hydrogen (secondary N) is 2. The van der Waals surface area contributed by atoms with Gasteiger partial charge in [0, 0.05) is 23.6 Å². The molecule has 1 aromatic carbocycles. The highest BCUT2D eigenvalue weighted by molar-refractivity contribution is 5.92. The van der Waals surface area contributed by atoms with Gasteiger partial charge in [-0.2, -0.15) is 0 Å². The van der Waals surface area contributed by atoms with E-state index in [1.54, 1.807) is 0 Å². The molecular weight excluding hydrogens is 320 g/mol. The molecule has 1 aromatic rings. The van der Waals surface area contributed by atoms with Crippen LogP contribution in [-0.2, 0) is 4.79 Å². The van der Waals surface area contributed by atoms with E-state index in [0.717, 1.165) is 24.4 Å². The third-order valence-corrected chi connectivity index (χ3v) is 5.74. The maximum atomic E-state index is 12.3. The van der Waals surface area contributed by atoms with Crippen LogP contribution in [0.25, 0.3) is 0 Å². The molecule has 0 heterocycles.